The van der Waals surface area contributed by atoms with Crippen molar-refractivity contribution in [3.8, 4) is 0 Å². The number of hydrogen-bond donors (Lipinski definition) is 0. The number of nitrogens with zero attached hydrogens (tertiary/aromatic N) is 2. The van der Waals surface area contributed by atoms with Crippen LogP contribution >= 0.6 is 0 Å². The number of methoxy groups -OCH3 is 1. The lowest BCUT2D eigenvalue weighted by Crippen LogP contribution is -2.22. The van der Waals surface area contributed by atoms with Crippen molar-refractivity contribution in [2.45, 2.75) is 26.1 Å². The van der Waals surface area contributed by atoms with Crippen molar-refractivity contribution in [2.24, 2.45) is 0 Å². The highest BCUT2D eigenvalue weighted by Crippen LogP contribution is 2.18. The summed E-state index contributed by atoms with van der Waals surface area (Å²) < 4.78 is 5.13. The first kappa shape index (κ1) is 14.7. The van der Waals surface area contributed by atoms with E-state index in [2.05, 4.69) is 54.2 Å². The van der Waals surface area contributed by atoms with Gasteiger partial charge in [-0.3, -0.25) is 9.88 Å². The van der Waals surface area contributed by atoms with Crippen LogP contribution in [-0.2, 0) is 17.9 Å². The van der Waals surface area contributed by atoms with Gasteiger partial charge < -0.3 is 4.74 Å². The van der Waals surface area contributed by atoms with Gasteiger partial charge in [0.05, 0.1) is 12.3 Å². The lowest BCUT2D eigenvalue weighted by atomic mass is 10.1. The van der Waals surface area contributed by atoms with E-state index in [9.17, 15) is 0 Å². The molecule has 2 rings (SSSR count). The van der Waals surface area contributed by atoms with Crippen molar-refractivity contribution in [3.05, 3.63) is 65.5 Å². The lowest BCUT2D eigenvalue weighted by Gasteiger charge is -2.24. The molecule has 0 amide bonds. The Kier molecular flexibility index (Phi) is 5.27. The molecule has 20 heavy (non-hydrogen) atoms. The first-order valence-corrected chi connectivity index (χ1v) is 6.88. The molecular weight excluding hydrogens is 248 g/mol. The van der Waals surface area contributed by atoms with Gasteiger partial charge in [-0.1, -0.05) is 30.3 Å². The Bertz CT molecular complexity index is 510. The van der Waals surface area contributed by atoms with Crippen molar-refractivity contribution < 1.29 is 4.74 Å². The molecule has 0 aliphatic carbocycles. The van der Waals surface area contributed by atoms with Gasteiger partial charge in [-0.05, 0) is 37.2 Å². The van der Waals surface area contributed by atoms with Gasteiger partial charge in [0.25, 0.3) is 0 Å². The van der Waals surface area contributed by atoms with Crippen molar-refractivity contribution >= 4 is 0 Å². The normalized spacial score (nSPS) is 12.6. The number of ether oxygens (including phenoxy) is 1. The standard InChI is InChI=1S/C17H22N2O/c1-14(17-6-4-5-11-18-17)19(2)12-15-7-9-16(10-8-15)13-20-3/h4-11,14H,12-13H2,1-3H3/t14-/m1/s1. The summed E-state index contributed by atoms with van der Waals surface area (Å²) in [6, 6.07) is 14.9. The average molecular weight is 270 g/mol. The Morgan fingerprint density at radius 1 is 1.10 bits per heavy atom. The van der Waals surface area contributed by atoms with Gasteiger partial charge in [0.2, 0.25) is 0 Å². The predicted molar refractivity (Wildman–Crippen MR) is 81.3 cm³/mol. The van der Waals surface area contributed by atoms with Crippen LogP contribution in [0.2, 0.25) is 0 Å². The van der Waals surface area contributed by atoms with Gasteiger partial charge in [-0.15, -0.1) is 0 Å². The third-order valence-electron chi connectivity index (χ3n) is 3.54. The highest BCUT2D eigenvalue weighted by Gasteiger charge is 2.12. The monoisotopic (exact) mass is 270 g/mol. The number of aromatic nitrogens is 1. The quantitative estimate of drug-likeness (QED) is 0.804. The molecule has 0 aliphatic rings. The van der Waals surface area contributed by atoms with Crippen LogP contribution in [0.15, 0.2) is 48.7 Å². The first-order chi connectivity index (χ1) is 9.70. The second-order valence-corrected chi connectivity index (χ2v) is 5.10. The minimum atomic E-state index is 0.301. The molecule has 1 heterocycles. The van der Waals surface area contributed by atoms with Crippen LogP contribution in [0, 0.1) is 0 Å². The SMILES string of the molecule is COCc1ccc(CN(C)[C@H](C)c2ccccn2)cc1. The topological polar surface area (TPSA) is 25.4 Å². The van der Waals surface area contributed by atoms with Gasteiger partial charge in [0, 0.05) is 25.9 Å². The summed E-state index contributed by atoms with van der Waals surface area (Å²) in [4.78, 5) is 6.72. The fourth-order valence-corrected chi connectivity index (χ4v) is 2.18. The smallest absolute Gasteiger partial charge is 0.0713 e. The van der Waals surface area contributed by atoms with Crippen molar-refractivity contribution in [1.29, 1.82) is 0 Å². The molecule has 1 aromatic carbocycles. The van der Waals surface area contributed by atoms with E-state index in [-0.39, 0.29) is 0 Å². The summed E-state index contributed by atoms with van der Waals surface area (Å²) in [5, 5.41) is 0. The van der Waals surface area contributed by atoms with Crippen LogP contribution in [0.1, 0.15) is 29.8 Å². The molecule has 0 aliphatic heterocycles. The highest BCUT2D eigenvalue weighted by atomic mass is 16.5. The summed E-state index contributed by atoms with van der Waals surface area (Å²) >= 11 is 0. The Morgan fingerprint density at radius 2 is 1.80 bits per heavy atom. The van der Waals surface area contributed by atoms with E-state index in [4.69, 9.17) is 4.74 Å². The third kappa shape index (κ3) is 3.89. The van der Waals surface area contributed by atoms with Gasteiger partial charge in [0.15, 0.2) is 0 Å². The Labute approximate surface area is 121 Å². The van der Waals surface area contributed by atoms with Crippen LogP contribution in [0.5, 0.6) is 0 Å². The van der Waals surface area contributed by atoms with E-state index < -0.39 is 0 Å². The Hall–Kier alpha value is -1.71. The molecule has 0 saturated heterocycles. The molecule has 3 nitrogen and oxygen atoms in total. The summed E-state index contributed by atoms with van der Waals surface area (Å²) in [6.07, 6.45) is 1.85. The molecule has 1 aromatic heterocycles. The van der Waals surface area contributed by atoms with Crippen LogP contribution in [0.3, 0.4) is 0 Å². The van der Waals surface area contributed by atoms with Crippen molar-refractivity contribution in [2.75, 3.05) is 14.2 Å². The maximum absolute atomic E-state index is 5.13. The minimum Gasteiger partial charge on any atom is -0.380 e. The molecule has 1 atom stereocenters. The molecule has 0 fully saturated rings. The van der Waals surface area contributed by atoms with Crippen molar-refractivity contribution in [3.63, 3.8) is 0 Å². The first-order valence-electron chi connectivity index (χ1n) is 6.88. The second-order valence-electron chi connectivity index (χ2n) is 5.10. The molecule has 2 aromatic rings. The van der Waals surface area contributed by atoms with Crippen LogP contribution in [0.25, 0.3) is 0 Å². The number of pyridine rings is 1. The minimum absolute atomic E-state index is 0.301. The van der Waals surface area contributed by atoms with Crippen LogP contribution < -0.4 is 0 Å². The van der Waals surface area contributed by atoms with E-state index in [0.29, 0.717) is 12.6 Å². The van der Waals surface area contributed by atoms with E-state index >= 15 is 0 Å². The number of hydrogen-bond acceptors (Lipinski definition) is 3. The maximum Gasteiger partial charge on any atom is 0.0713 e. The second kappa shape index (κ2) is 7.17. The van der Waals surface area contributed by atoms with Gasteiger partial charge in [-0.2, -0.15) is 0 Å². The predicted octanol–water partition coefficient (Wildman–Crippen LogP) is 3.42. The summed E-state index contributed by atoms with van der Waals surface area (Å²) in [5.41, 5.74) is 3.61. The fourth-order valence-electron chi connectivity index (χ4n) is 2.18. The molecular formula is C17H22N2O. The molecule has 0 N–H and O–H groups in total. The molecule has 0 saturated carbocycles. The van der Waals surface area contributed by atoms with Gasteiger partial charge in [0.1, 0.15) is 0 Å². The molecule has 0 bridgehead atoms. The molecule has 0 spiro atoms. The van der Waals surface area contributed by atoms with Crippen LogP contribution in [-0.4, -0.2) is 24.0 Å². The summed E-state index contributed by atoms with van der Waals surface area (Å²) in [5.74, 6) is 0. The summed E-state index contributed by atoms with van der Waals surface area (Å²) in [6.45, 7) is 3.76. The fraction of sp³-hybridized carbons (Fsp3) is 0.353. The van der Waals surface area contributed by atoms with E-state index in [1.165, 1.54) is 11.1 Å². The Morgan fingerprint density at radius 3 is 2.40 bits per heavy atom. The molecule has 0 unspecified atom stereocenters. The highest BCUT2D eigenvalue weighted by molar-refractivity contribution is 5.22. The number of benzene rings is 1. The Balaban J connectivity index is 1.98. The van der Waals surface area contributed by atoms with Crippen LogP contribution in [0.4, 0.5) is 0 Å². The van der Waals surface area contributed by atoms with E-state index in [1.807, 2.05) is 18.3 Å². The molecule has 0 radical (unpaired) electrons. The maximum atomic E-state index is 5.13. The van der Waals surface area contributed by atoms with Gasteiger partial charge in [-0.25, -0.2) is 0 Å². The van der Waals surface area contributed by atoms with E-state index in [1.54, 1.807) is 7.11 Å². The average Bonchev–Trinajstić information content (AvgIpc) is 2.49. The lowest BCUT2D eigenvalue weighted by molar-refractivity contribution is 0.185. The third-order valence-corrected chi connectivity index (χ3v) is 3.54. The molecule has 106 valence electrons. The van der Waals surface area contributed by atoms with Gasteiger partial charge >= 0.3 is 0 Å². The zero-order chi connectivity index (χ0) is 14.4. The largest absolute Gasteiger partial charge is 0.380 e. The summed E-state index contributed by atoms with van der Waals surface area (Å²) in [7, 11) is 3.85. The number of rotatable bonds is 6. The van der Waals surface area contributed by atoms with Crippen molar-refractivity contribution in [1.82, 2.24) is 9.88 Å². The van der Waals surface area contributed by atoms with E-state index in [0.717, 1.165) is 12.2 Å². The zero-order valence-electron chi connectivity index (χ0n) is 12.4. The molecule has 3 heteroatoms. The zero-order valence-corrected chi connectivity index (χ0v) is 12.4.